The predicted octanol–water partition coefficient (Wildman–Crippen LogP) is 3.81. The van der Waals surface area contributed by atoms with Gasteiger partial charge in [-0.1, -0.05) is 18.2 Å². The fourth-order valence-electron chi connectivity index (χ4n) is 3.25. The second-order valence-electron chi connectivity index (χ2n) is 6.15. The molecule has 2 aromatic heterocycles. The lowest BCUT2D eigenvalue weighted by Crippen LogP contribution is -2.24. The van der Waals surface area contributed by atoms with Crippen LogP contribution in [-0.4, -0.2) is 21.9 Å². The van der Waals surface area contributed by atoms with Crippen molar-refractivity contribution in [1.29, 1.82) is 0 Å². The van der Waals surface area contributed by atoms with Crippen LogP contribution in [0, 0.1) is 0 Å². The highest BCUT2D eigenvalue weighted by Crippen LogP contribution is 2.37. The van der Waals surface area contributed by atoms with Crippen LogP contribution in [0.15, 0.2) is 67.1 Å². The van der Waals surface area contributed by atoms with Gasteiger partial charge in [0.15, 0.2) is 0 Å². The van der Waals surface area contributed by atoms with Crippen molar-refractivity contribution in [1.82, 2.24) is 9.97 Å². The van der Waals surface area contributed by atoms with Crippen molar-refractivity contribution in [2.75, 3.05) is 10.2 Å². The number of amides is 1. The Labute approximate surface area is 146 Å². The van der Waals surface area contributed by atoms with Crippen molar-refractivity contribution in [3.8, 4) is 0 Å². The van der Waals surface area contributed by atoms with E-state index in [1.54, 1.807) is 24.5 Å². The number of anilines is 3. The average molecular weight is 330 g/mol. The average Bonchev–Trinajstić information content (AvgIpc) is 2.99. The Kier molecular flexibility index (Phi) is 3.90. The second kappa shape index (κ2) is 6.36. The van der Waals surface area contributed by atoms with Crippen LogP contribution < -0.4 is 10.2 Å². The fourth-order valence-corrected chi connectivity index (χ4v) is 3.25. The van der Waals surface area contributed by atoms with Crippen LogP contribution in [0.25, 0.3) is 0 Å². The Morgan fingerprint density at radius 1 is 1.12 bits per heavy atom. The highest BCUT2D eigenvalue weighted by Gasteiger charge is 2.26. The Morgan fingerprint density at radius 3 is 2.76 bits per heavy atom. The Bertz CT molecular complexity index is 893. The number of nitrogens with one attached hydrogen (secondary N) is 1. The van der Waals surface area contributed by atoms with E-state index < -0.39 is 0 Å². The molecule has 4 rings (SSSR count). The normalized spacial score (nSPS) is 15.7. The summed E-state index contributed by atoms with van der Waals surface area (Å²) in [4.78, 5) is 22.8. The van der Waals surface area contributed by atoms with Crippen LogP contribution in [0.5, 0.6) is 0 Å². The molecule has 0 spiro atoms. The molecule has 1 N–H and O–H groups in total. The van der Waals surface area contributed by atoms with E-state index in [0.29, 0.717) is 17.4 Å². The maximum absolute atomic E-state index is 12.2. The van der Waals surface area contributed by atoms with E-state index in [1.165, 1.54) is 17.4 Å². The van der Waals surface area contributed by atoms with Gasteiger partial charge < -0.3 is 10.2 Å². The predicted molar refractivity (Wildman–Crippen MR) is 98.2 cm³/mol. The van der Waals surface area contributed by atoms with Gasteiger partial charge >= 0.3 is 0 Å². The minimum Gasteiger partial charge on any atom is -0.337 e. The molecule has 5 heteroatoms. The molecule has 0 bridgehead atoms. The summed E-state index contributed by atoms with van der Waals surface area (Å²) in [5.41, 5.74) is 4.11. The maximum atomic E-state index is 12.2. The molecule has 1 atom stereocenters. The maximum Gasteiger partial charge on any atom is 0.258 e. The SMILES string of the molecule is CC1Cc2ccccc2N1c1ccc(NC(=O)c2cccnc2)nc1. The van der Waals surface area contributed by atoms with Crippen molar-refractivity contribution in [3.63, 3.8) is 0 Å². The number of aromatic nitrogens is 2. The van der Waals surface area contributed by atoms with Crippen molar-refractivity contribution in [3.05, 3.63) is 78.2 Å². The lowest BCUT2D eigenvalue weighted by Gasteiger charge is -2.24. The molecule has 3 heterocycles. The number of hydrogen-bond donors (Lipinski definition) is 1. The molecular formula is C20H18N4O. The number of carbonyl (C=O) groups is 1. The number of carbonyl (C=O) groups excluding carboxylic acids is 1. The summed E-state index contributed by atoms with van der Waals surface area (Å²) in [6, 6.07) is 16.1. The van der Waals surface area contributed by atoms with Gasteiger partial charge in [0.05, 0.1) is 17.4 Å². The molecule has 1 aromatic carbocycles. The van der Waals surface area contributed by atoms with Crippen molar-refractivity contribution >= 4 is 23.1 Å². The van der Waals surface area contributed by atoms with E-state index in [0.717, 1.165) is 12.1 Å². The zero-order valence-electron chi connectivity index (χ0n) is 13.9. The van der Waals surface area contributed by atoms with E-state index in [2.05, 4.69) is 51.4 Å². The van der Waals surface area contributed by atoms with E-state index in [9.17, 15) is 4.79 Å². The van der Waals surface area contributed by atoms with Gasteiger partial charge in [-0.05, 0) is 49.2 Å². The molecule has 1 aliphatic rings. The smallest absolute Gasteiger partial charge is 0.258 e. The summed E-state index contributed by atoms with van der Waals surface area (Å²) in [7, 11) is 0. The quantitative estimate of drug-likeness (QED) is 0.793. The first-order valence-corrected chi connectivity index (χ1v) is 8.27. The van der Waals surface area contributed by atoms with Crippen LogP contribution in [0.4, 0.5) is 17.2 Å². The molecule has 0 aliphatic carbocycles. The third-order valence-corrected chi connectivity index (χ3v) is 4.40. The minimum absolute atomic E-state index is 0.215. The molecule has 3 aromatic rings. The van der Waals surface area contributed by atoms with Gasteiger partial charge in [-0.3, -0.25) is 9.78 Å². The number of benzene rings is 1. The summed E-state index contributed by atoms with van der Waals surface area (Å²) in [5, 5.41) is 2.80. The van der Waals surface area contributed by atoms with Gasteiger partial charge in [-0.2, -0.15) is 0 Å². The van der Waals surface area contributed by atoms with Crippen LogP contribution in [0.1, 0.15) is 22.8 Å². The van der Waals surface area contributed by atoms with Gasteiger partial charge in [0, 0.05) is 24.1 Å². The molecule has 25 heavy (non-hydrogen) atoms. The number of para-hydroxylation sites is 1. The summed E-state index contributed by atoms with van der Waals surface area (Å²) >= 11 is 0. The van der Waals surface area contributed by atoms with Crippen molar-refractivity contribution in [2.24, 2.45) is 0 Å². The molecule has 5 nitrogen and oxygen atoms in total. The number of nitrogens with zero attached hydrogens (tertiary/aromatic N) is 3. The third kappa shape index (κ3) is 2.96. The lowest BCUT2D eigenvalue weighted by molar-refractivity contribution is 0.102. The second-order valence-corrected chi connectivity index (χ2v) is 6.15. The first kappa shape index (κ1) is 15.3. The van der Waals surface area contributed by atoms with E-state index in [1.807, 2.05) is 12.1 Å². The first-order valence-electron chi connectivity index (χ1n) is 8.27. The highest BCUT2D eigenvalue weighted by atomic mass is 16.1. The number of fused-ring (bicyclic) bond motifs is 1. The van der Waals surface area contributed by atoms with Gasteiger partial charge in [-0.15, -0.1) is 0 Å². The van der Waals surface area contributed by atoms with Crippen molar-refractivity contribution in [2.45, 2.75) is 19.4 Å². The molecule has 0 saturated heterocycles. The molecule has 1 amide bonds. The first-order chi connectivity index (χ1) is 12.2. The number of rotatable bonds is 3. The van der Waals surface area contributed by atoms with E-state index in [4.69, 9.17) is 0 Å². The fraction of sp³-hybridized carbons (Fsp3) is 0.150. The molecule has 0 fully saturated rings. The number of hydrogen-bond acceptors (Lipinski definition) is 4. The van der Waals surface area contributed by atoms with Gasteiger partial charge in [-0.25, -0.2) is 4.98 Å². The number of pyridine rings is 2. The van der Waals surface area contributed by atoms with Crippen LogP contribution in [0.2, 0.25) is 0 Å². The van der Waals surface area contributed by atoms with Crippen LogP contribution >= 0.6 is 0 Å². The van der Waals surface area contributed by atoms with Crippen molar-refractivity contribution < 1.29 is 4.79 Å². The lowest BCUT2D eigenvalue weighted by atomic mass is 10.1. The van der Waals surface area contributed by atoms with E-state index in [-0.39, 0.29) is 5.91 Å². The third-order valence-electron chi connectivity index (χ3n) is 4.40. The van der Waals surface area contributed by atoms with E-state index >= 15 is 0 Å². The molecule has 0 saturated carbocycles. The molecule has 124 valence electrons. The largest absolute Gasteiger partial charge is 0.337 e. The Morgan fingerprint density at radius 2 is 2.00 bits per heavy atom. The standard InChI is InChI=1S/C20H18N4O/c1-14-11-15-5-2-3-7-18(15)24(14)17-8-9-19(22-13-17)23-20(25)16-6-4-10-21-12-16/h2-10,12-14H,11H2,1H3,(H,22,23,25). The zero-order chi connectivity index (χ0) is 17.2. The molecular weight excluding hydrogens is 312 g/mol. The monoisotopic (exact) mass is 330 g/mol. The summed E-state index contributed by atoms with van der Waals surface area (Å²) < 4.78 is 0. The van der Waals surface area contributed by atoms with Gasteiger partial charge in [0.25, 0.3) is 5.91 Å². The zero-order valence-corrected chi connectivity index (χ0v) is 13.9. The highest BCUT2D eigenvalue weighted by molar-refractivity contribution is 6.03. The molecule has 1 unspecified atom stereocenters. The van der Waals surface area contributed by atoms with Crippen LogP contribution in [0.3, 0.4) is 0 Å². The summed E-state index contributed by atoms with van der Waals surface area (Å²) in [6.07, 6.45) is 6.00. The topological polar surface area (TPSA) is 58.1 Å². The molecule has 1 aliphatic heterocycles. The Balaban J connectivity index is 1.54. The Hall–Kier alpha value is -3.21. The summed E-state index contributed by atoms with van der Waals surface area (Å²) in [5.74, 6) is 0.311. The minimum atomic E-state index is -0.215. The molecule has 0 radical (unpaired) electrons. The van der Waals surface area contributed by atoms with Gasteiger partial charge in [0.1, 0.15) is 5.82 Å². The van der Waals surface area contributed by atoms with Gasteiger partial charge in [0.2, 0.25) is 0 Å². The summed E-state index contributed by atoms with van der Waals surface area (Å²) in [6.45, 7) is 2.21. The van der Waals surface area contributed by atoms with Crippen LogP contribution in [-0.2, 0) is 6.42 Å².